The summed E-state index contributed by atoms with van der Waals surface area (Å²) in [6, 6.07) is 10.4. The van der Waals surface area contributed by atoms with Crippen molar-refractivity contribution in [3.63, 3.8) is 0 Å². The molecule has 0 atom stereocenters. The quantitative estimate of drug-likeness (QED) is 0.503. The smallest absolute Gasteiger partial charge is 0.294 e. The Hall–Kier alpha value is -2.63. The standard InChI is InChI=1S/C13H12FN3O2/c14-10-3-1-9(2-4-10)8-16-12-6-5-11(15)7-13(12)17(18)19/h1-7,16H,8,15H2. The lowest BCUT2D eigenvalue weighted by Crippen LogP contribution is -2.03. The second kappa shape index (κ2) is 5.34. The Morgan fingerprint density at radius 1 is 1.21 bits per heavy atom. The SMILES string of the molecule is Nc1ccc(NCc2ccc(F)cc2)c([N+](=O)[O-])c1. The summed E-state index contributed by atoms with van der Waals surface area (Å²) >= 11 is 0. The molecule has 0 aliphatic heterocycles. The van der Waals surface area contributed by atoms with Crippen LogP contribution in [-0.2, 0) is 6.54 Å². The van der Waals surface area contributed by atoms with Crippen LogP contribution in [0.5, 0.6) is 0 Å². The third-order valence-electron chi connectivity index (χ3n) is 2.61. The van der Waals surface area contributed by atoms with Gasteiger partial charge >= 0.3 is 0 Å². The maximum atomic E-state index is 12.7. The first-order valence-electron chi connectivity index (χ1n) is 5.58. The number of halogens is 1. The van der Waals surface area contributed by atoms with Gasteiger partial charge < -0.3 is 11.1 Å². The van der Waals surface area contributed by atoms with E-state index in [0.29, 0.717) is 17.9 Å². The molecule has 0 unspecified atom stereocenters. The van der Waals surface area contributed by atoms with E-state index in [4.69, 9.17) is 5.73 Å². The van der Waals surface area contributed by atoms with E-state index in [9.17, 15) is 14.5 Å². The van der Waals surface area contributed by atoms with Crippen molar-refractivity contribution >= 4 is 17.1 Å². The summed E-state index contributed by atoms with van der Waals surface area (Å²) in [6.45, 7) is 0.366. The van der Waals surface area contributed by atoms with Gasteiger partial charge in [-0.1, -0.05) is 12.1 Å². The van der Waals surface area contributed by atoms with Crippen LogP contribution in [0.2, 0.25) is 0 Å². The fourth-order valence-corrected chi connectivity index (χ4v) is 1.65. The number of hydrogen-bond donors (Lipinski definition) is 2. The highest BCUT2D eigenvalue weighted by atomic mass is 19.1. The maximum Gasteiger partial charge on any atom is 0.294 e. The number of nitrogens with zero attached hydrogens (tertiary/aromatic N) is 1. The van der Waals surface area contributed by atoms with Crippen molar-refractivity contribution in [3.05, 3.63) is 64.0 Å². The molecule has 0 spiro atoms. The molecule has 0 fully saturated rings. The van der Waals surface area contributed by atoms with E-state index in [1.165, 1.54) is 18.2 Å². The summed E-state index contributed by atoms with van der Waals surface area (Å²) in [7, 11) is 0. The Balaban J connectivity index is 2.15. The number of nitrogen functional groups attached to an aromatic ring is 1. The van der Waals surface area contributed by atoms with E-state index in [1.807, 2.05) is 0 Å². The summed E-state index contributed by atoms with van der Waals surface area (Å²) in [5.41, 5.74) is 6.97. The van der Waals surface area contributed by atoms with Crippen molar-refractivity contribution in [2.45, 2.75) is 6.54 Å². The molecular formula is C13H12FN3O2. The van der Waals surface area contributed by atoms with Crippen LogP contribution in [0.4, 0.5) is 21.5 Å². The van der Waals surface area contributed by atoms with Crippen molar-refractivity contribution in [1.29, 1.82) is 0 Å². The van der Waals surface area contributed by atoms with E-state index >= 15 is 0 Å². The zero-order chi connectivity index (χ0) is 13.8. The van der Waals surface area contributed by atoms with Crippen molar-refractivity contribution in [3.8, 4) is 0 Å². The molecule has 2 aromatic rings. The van der Waals surface area contributed by atoms with Crippen LogP contribution in [-0.4, -0.2) is 4.92 Å². The van der Waals surface area contributed by atoms with Crippen LogP contribution in [0, 0.1) is 15.9 Å². The minimum atomic E-state index is -0.497. The van der Waals surface area contributed by atoms with Gasteiger partial charge in [-0.25, -0.2) is 4.39 Å². The van der Waals surface area contributed by atoms with Gasteiger partial charge in [-0.05, 0) is 29.8 Å². The van der Waals surface area contributed by atoms with E-state index in [1.54, 1.807) is 24.3 Å². The predicted octanol–water partition coefficient (Wildman–Crippen LogP) is 2.93. The lowest BCUT2D eigenvalue weighted by atomic mass is 10.2. The molecule has 2 rings (SSSR count). The Morgan fingerprint density at radius 3 is 2.53 bits per heavy atom. The van der Waals surface area contributed by atoms with Gasteiger partial charge in [0.15, 0.2) is 0 Å². The van der Waals surface area contributed by atoms with Crippen LogP contribution in [0.3, 0.4) is 0 Å². The molecule has 0 heterocycles. The fraction of sp³-hybridized carbons (Fsp3) is 0.0769. The van der Waals surface area contributed by atoms with Gasteiger partial charge in [0.25, 0.3) is 5.69 Å². The van der Waals surface area contributed by atoms with E-state index in [0.717, 1.165) is 5.56 Å². The average molecular weight is 261 g/mol. The van der Waals surface area contributed by atoms with Crippen molar-refractivity contribution in [2.24, 2.45) is 0 Å². The molecule has 0 bridgehead atoms. The fourth-order valence-electron chi connectivity index (χ4n) is 1.65. The minimum Gasteiger partial charge on any atom is -0.399 e. The number of nitrogens with one attached hydrogen (secondary N) is 1. The molecule has 0 aromatic heterocycles. The molecule has 2 aromatic carbocycles. The van der Waals surface area contributed by atoms with Gasteiger partial charge in [0.05, 0.1) is 4.92 Å². The van der Waals surface area contributed by atoms with Crippen molar-refractivity contribution in [1.82, 2.24) is 0 Å². The molecule has 0 amide bonds. The summed E-state index contributed by atoms with van der Waals surface area (Å²) in [4.78, 5) is 10.4. The molecule has 6 heteroatoms. The number of benzene rings is 2. The first-order chi connectivity index (χ1) is 9.06. The summed E-state index contributed by atoms with van der Waals surface area (Å²) in [5.74, 6) is -0.317. The van der Waals surface area contributed by atoms with Crippen LogP contribution in [0.15, 0.2) is 42.5 Å². The van der Waals surface area contributed by atoms with Gasteiger partial charge in [-0.2, -0.15) is 0 Å². The van der Waals surface area contributed by atoms with Crippen LogP contribution in [0.1, 0.15) is 5.56 Å². The maximum absolute atomic E-state index is 12.7. The normalized spacial score (nSPS) is 10.2. The van der Waals surface area contributed by atoms with E-state index in [2.05, 4.69) is 5.32 Å². The van der Waals surface area contributed by atoms with E-state index < -0.39 is 4.92 Å². The number of nitro benzene ring substituents is 1. The van der Waals surface area contributed by atoms with Crippen molar-refractivity contribution in [2.75, 3.05) is 11.1 Å². The predicted molar refractivity (Wildman–Crippen MR) is 71.2 cm³/mol. The highest BCUT2D eigenvalue weighted by molar-refractivity contribution is 5.66. The van der Waals surface area contributed by atoms with Gasteiger partial charge in [0.2, 0.25) is 0 Å². The summed E-state index contributed by atoms with van der Waals surface area (Å²) in [5, 5.41) is 13.8. The Morgan fingerprint density at radius 2 is 1.89 bits per heavy atom. The van der Waals surface area contributed by atoms with Gasteiger partial charge in [-0.3, -0.25) is 10.1 Å². The second-order valence-corrected chi connectivity index (χ2v) is 4.01. The first kappa shape index (κ1) is 12.8. The van der Waals surface area contributed by atoms with Gasteiger partial charge in [0.1, 0.15) is 11.5 Å². The number of nitrogens with two attached hydrogens (primary N) is 1. The average Bonchev–Trinajstić information content (AvgIpc) is 2.39. The molecule has 3 N–H and O–H groups in total. The second-order valence-electron chi connectivity index (χ2n) is 4.01. The van der Waals surface area contributed by atoms with Gasteiger partial charge in [0, 0.05) is 18.3 Å². The monoisotopic (exact) mass is 261 g/mol. The zero-order valence-corrected chi connectivity index (χ0v) is 9.97. The lowest BCUT2D eigenvalue weighted by Gasteiger charge is -2.07. The van der Waals surface area contributed by atoms with Crippen LogP contribution >= 0.6 is 0 Å². The third-order valence-corrected chi connectivity index (χ3v) is 2.61. The Labute approximate surface area is 109 Å². The molecular weight excluding hydrogens is 249 g/mol. The van der Waals surface area contributed by atoms with Crippen molar-refractivity contribution < 1.29 is 9.31 Å². The number of anilines is 2. The molecule has 98 valence electrons. The third kappa shape index (κ3) is 3.19. The topological polar surface area (TPSA) is 81.2 Å². The highest BCUT2D eigenvalue weighted by Crippen LogP contribution is 2.26. The molecule has 0 radical (unpaired) electrons. The lowest BCUT2D eigenvalue weighted by molar-refractivity contribution is -0.383. The first-order valence-corrected chi connectivity index (χ1v) is 5.58. The number of rotatable bonds is 4. The summed E-state index contributed by atoms with van der Waals surface area (Å²) in [6.07, 6.45) is 0. The van der Waals surface area contributed by atoms with E-state index in [-0.39, 0.29) is 11.5 Å². The number of nitro groups is 1. The molecule has 0 saturated heterocycles. The van der Waals surface area contributed by atoms with Gasteiger partial charge in [-0.15, -0.1) is 0 Å². The minimum absolute atomic E-state index is 0.0814. The molecule has 19 heavy (non-hydrogen) atoms. The largest absolute Gasteiger partial charge is 0.399 e. The Bertz CT molecular complexity index is 599. The zero-order valence-electron chi connectivity index (χ0n) is 9.97. The number of hydrogen-bond acceptors (Lipinski definition) is 4. The molecule has 0 saturated carbocycles. The highest BCUT2D eigenvalue weighted by Gasteiger charge is 2.13. The summed E-state index contributed by atoms with van der Waals surface area (Å²) < 4.78 is 12.7. The molecule has 0 aliphatic carbocycles. The Kier molecular flexibility index (Phi) is 3.61. The van der Waals surface area contributed by atoms with Crippen LogP contribution < -0.4 is 11.1 Å². The molecule has 0 aliphatic rings. The molecule has 5 nitrogen and oxygen atoms in total. The van der Waals surface area contributed by atoms with Crippen LogP contribution in [0.25, 0.3) is 0 Å².